The van der Waals surface area contributed by atoms with Gasteiger partial charge in [0, 0.05) is 38.0 Å². The van der Waals surface area contributed by atoms with Gasteiger partial charge in [-0.1, -0.05) is 12.1 Å². The second kappa shape index (κ2) is 6.41. The number of amides is 1. The molecule has 2 saturated heterocycles. The van der Waals surface area contributed by atoms with Crippen LogP contribution in [0.15, 0.2) is 23.1 Å². The summed E-state index contributed by atoms with van der Waals surface area (Å²) in [7, 11) is -3.50. The molecule has 1 spiro atoms. The van der Waals surface area contributed by atoms with Crippen LogP contribution in [0.4, 0.5) is 0 Å². The number of Topliss-reactive ketones (excluding diaryl/α,β-unsaturated/α-hetero) is 1. The number of likely N-dealkylation sites (tertiary alicyclic amines) is 1. The van der Waals surface area contributed by atoms with Crippen LogP contribution in [0, 0.1) is 48.9 Å². The molecule has 6 aliphatic rings. The van der Waals surface area contributed by atoms with Crippen molar-refractivity contribution in [2.24, 2.45) is 35.0 Å². The smallest absolute Gasteiger partial charge is 0.243 e. The zero-order valence-corrected chi connectivity index (χ0v) is 19.0. The molecule has 2 heterocycles. The zero-order valence-electron chi connectivity index (χ0n) is 18.2. The lowest BCUT2D eigenvalue weighted by Crippen LogP contribution is -2.45. The number of aryl methyl sites for hydroxylation is 2. The van der Waals surface area contributed by atoms with Crippen LogP contribution in [0.25, 0.3) is 0 Å². The first-order valence-electron chi connectivity index (χ1n) is 11.6. The minimum absolute atomic E-state index is 0.00592. The van der Waals surface area contributed by atoms with E-state index in [0.29, 0.717) is 35.6 Å². The van der Waals surface area contributed by atoms with Crippen LogP contribution in [-0.2, 0) is 19.6 Å². The van der Waals surface area contributed by atoms with E-state index in [9.17, 15) is 18.0 Å². The number of carbonyl (C=O) groups is 2. The Balaban J connectivity index is 1.13. The number of sulfonamides is 1. The minimum Gasteiger partial charge on any atom is -0.342 e. The van der Waals surface area contributed by atoms with Crippen molar-refractivity contribution >= 4 is 21.7 Å². The van der Waals surface area contributed by atoms with Crippen molar-refractivity contribution in [2.45, 2.75) is 44.4 Å². The summed E-state index contributed by atoms with van der Waals surface area (Å²) in [6.07, 6.45) is 3.47. The number of hydrogen-bond acceptors (Lipinski definition) is 4. The van der Waals surface area contributed by atoms with E-state index in [1.165, 1.54) is 0 Å². The van der Waals surface area contributed by atoms with Crippen molar-refractivity contribution in [3.8, 4) is 0 Å². The van der Waals surface area contributed by atoms with E-state index < -0.39 is 10.0 Å². The van der Waals surface area contributed by atoms with Crippen molar-refractivity contribution in [1.29, 1.82) is 0 Å². The van der Waals surface area contributed by atoms with Gasteiger partial charge in [0.05, 0.1) is 10.8 Å². The van der Waals surface area contributed by atoms with Gasteiger partial charge in [0.1, 0.15) is 5.78 Å². The van der Waals surface area contributed by atoms with Crippen LogP contribution in [0.2, 0.25) is 0 Å². The first-order chi connectivity index (χ1) is 14.7. The Morgan fingerprint density at radius 2 is 1.81 bits per heavy atom. The lowest BCUT2D eigenvalue weighted by Gasteiger charge is -2.39. The quantitative estimate of drug-likeness (QED) is 0.720. The van der Waals surface area contributed by atoms with Gasteiger partial charge in [0.2, 0.25) is 15.9 Å². The molecule has 31 heavy (non-hydrogen) atoms. The van der Waals surface area contributed by atoms with E-state index in [2.05, 4.69) is 0 Å². The van der Waals surface area contributed by atoms with Gasteiger partial charge in [0.15, 0.2) is 0 Å². The molecular weight excluding hydrogens is 412 g/mol. The second-order valence-corrected chi connectivity index (χ2v) is 12.6. The van der Waals surface area contributed by atoms with E-state index >= 15 is 0 Å². The number of hydrogen-bond donors (Lipinski definition) is 0. The van der Waals surface area contributed by atoms with E-state index in [4.69, 9.17) is 0 Å². The molecule has 6 fully saturated rings. The topological polar surface area (TPSA) is 74.8 Å². The highest BCUT2D eigenvalue weighted by molar-refractivity contribution is 7.89. The molecule has 1 aromatic carbocycles. The maximum Gasteiger partial charge on any atom is 0.243 e. The summed E-state index contributed by atoms with van der Waals surface area (Å²) in [6, 6.07) is 5.58. The number of rotatable bonds is 3. The summed E-state index contributed by atoms with van der Waals surface area (Å²) in [5, 5.41) is 0. The van der Waals surface area contributed by atoms with Gasteiger partial charge in [-0.15, -0.1) is 0 Å². The second-order valence-electron chi connectivity index (χ2n) is 10.7. The maximum atomic E-state index is 13.3. The van der Waals surface area contributed by atoms with Crippen molar-refractivity contribution < 1.29 is 18.0 Å². The molecule has 1 aromatic rings. The standard InChI is InChI=1S/C24H30N2O4S/c1-14-3-4-15(2)18(11-14)31(29,30)26-9-6-24(7-10-26)5-8-25(13-24)23(28)21-17-12-16-19(21)20(16)22(17)27/h3-4,11,16-17,19-21H,5-10,12-13H2,1-2H3. The third-order valence-corrected chi connectivity index (χ3v) is 11.1. The lowest BCUT2D eigenvalue weighted by molar-refractivity contribution is -0.138. The molecule has 166 valence electrons. The fourth-order valence-electron chi connectivity index (χ4n) is 7.25. The molecule has 7 heteroatoms. The summed E-state index contributed by atoms with van der Waals surface area (Å²) in [5.74, 6) is 1.54. The lowest BCUT2D eigenvalue weighted by atomic mass is 9.78. The monoisotopic (exact) mass is 442 g/mol. The van der Waals surface area contributed by atoms with Crippen LogP contribution in [0.5, 0.6) is 0 Å². The van der Waals surface area contributed by atoms with Crippen molar-refractivity contribution in [3.05, 3.63) is 29.3 Å². The molecule has 5 unspecified atom stereocenters. The molecule has 1 amide bonds. The van der Waals surface area contributed by atoms with Gasteiger partial charge in [-0.05, 0) is 74.0 Å². The van der Waals surface area contributed by atoms with E-state index in [0.717, 1.165) is 49.9 Å². The van der Waals surface area contributed by atoms with Crippen LogP contribution in [0.3, 0.4) is 0 Å². The molecule has 4 bridgehead atoms. The average Bonchev–Trinajstić information content (AvgIpc) is 3.09. The van der Waals surface area contributed by atoms with Gasteiger partial charge in [-0.3, -0.25) is 9.59 Å². The van der Waals surface area contributed by atoms with Gasteiger partial charge in [-0.2, -0.15) is 4.31 Å². The summed E-state index contributed by atoms with van der Waals surface area (Å²) in [5.41, 5.74) is 1.76. The zero-order chi connectivity index (χ0) is 21.7. The van der Waals surface area contributed by atoms with Crippen LogP contribution >= 0.6 is 0 Å². The Morgan fingerprint density at radius 3 is 2.42 bits per heavy atom. The molecule has 0 radical (unpaired) electrons. The molecule has 0 N–H and O–H groups in total. The highest BCUT2D eigenvalue weighted by atomic mass is 32.2. The van der Waals surface area contributed by atoms with E-state index in [1.807, 2.05) is 30.9 Å². The number of nitrogens with zero attached hydrogens (tertiary/aromatic N) is 2. The predicted octanol–water partition coefficient (Wildman–Crippen LogP) is 2.39. The number of piperidine rings is 1. The normalized spacial score (nSPS) is 35.9. The SMILES string of the molecule is Cc1ccc(C)c(S(=O)(=O)N2CCC3(CCN(C(=O)C4C5CC6C(C5=O)C64)C3)CC2)c1. The highest BCUT2D eigenvalue weighted by Gasteiger charge is 2.75. The highest BCUT2D eigenvalue weighted by Crippen LogP contribution is 2.71. The third kappa shape index (κ3) is 2.75. The van der Waals surface area contributed by atoms with Crippen LogP contribution in [0.1, 0.15) is 36.8 Å². The number of benzene rings is 1. The molecule has 0 aromatic heterocycles. The van der Waals surface area contributed by atoms with Crippen LogP contribution < -0.4 is 0 Å². The van der Waals surface area contributed by atoms with Gasteiger partial charge < -0.3 is 4.90 Å². The number of ketones is 1. The first-order valence-corrected chi connectivity index (χ1v) is 13.1. The molecule has 4 aliphatic carbocycles. The molecule has 5 atom stereocenters. The van der Waals surface area contributed by atoms with Crippen molar-refractivity contribution in [1.82, 2.24) is 9.21 Å². The molecule has 4 saturated carbocycles. The summed E-state index contributed by atoms with van der Waals surface area (Å²) >= 11 is 0. The van der Waals surface area contributed by atoms with Gasteiger partial charge in [-0.25, -0.2) is 8.42 Å². The first kappa shape index (κ1) is 19.9. The molecule has 7 rings (SSSR count). The Hall–Kier alpha value is -1.73. The summed E-state index contributed by atoms with van der Waals surface area (Å²) < 4.78 is 28.1. The largest absolute Gasteiger partial charge is 0.342 e. The fraction of sp³-hybridized carbons (Fsp3) is 0.667. The fourth-order valence-corrected chi connectivity index (χ4v) is 9.00. The molecule has 6 nitrogen and oxygen atoms in total. The Morgan fingerprint density at radius 1 is 1.10 bits per heavy atom. The van der Waals surface area contributed by atoms with Crippen molar-refractivity contribution in [2.75, 3.05) is 26.2 Å². The average molecular weight is 443 g/mol. The Kier molecular flexibility index (Phi) is 4.12. The molecular formula is C24H30N2O4S. The van der Waals surface area contributed by atoms with Crippen molar-refractivity contribution in [3.63, 3.8) is 0 Å². The van der Waals surface area contributed by atoms with Gasteiger partial charge in [0.25, 0.3) is 0 Å². The Bertz CT molecular complexity index is 1090. The van der Waals surface area contributed by atoms with E-state index in [1.54, 1.807) is 10.4 Å². The number of carbonyl (C=O) groups excluding carboxylic acids is 2. The van der Waals surface area contributed by atoms with Crippen LogP contribution in [-0.4, -0.2) is 55.5 Å². The maximum absolute atomic E-state index is 13.3. The molecule has 2 aliphatic heterocycles. The minimum atomic E-state index is -3.50. The predicted molar refractivity (Wildman–Crippen MR) is 115 cm³/mol. The van der Waals surface area contributed by atoms with Gasteiger partial charge >= 0.3 is 0 Å². The Labute approximate surface area is 184 Å². The third-order valence-electron chi connectivity index (χ3n) is 9.08. The summed E-state index contributed by atoms with van der Waals surface area (Å²) in [6.45, 7) is 6.26. The summed E-state index contributed by atoms with van der Waals surface area (Å²) in [4.78, 5) is 27.9. The van der Waals surface area contributed by atoms with E-state index in [-0.39, 0.29) is 29.1 Å².